The zero-order chi connectivity index (χ0) is 36.7. The number of hydrogen-bond donors (Lipinski definition) is 3. The quantitative estimate of drug-likeness (QED) is 0.103. The molecule has 4 rings (SSSR count). The van der Waals surface area contributed by atoms with Crippen LogP contribution in [0.5, 0.6) is 5.75 Å². The predicted molar refractivity (Wildman–Crippen MR) is 188 cm³/mol. The molecule has 0 saturated carbocycles. The van der Waals surface area contributed by atoms with E-state index in [1.54, 1.807) is 63.2 Å². The monoisotopic (exact) mass is 720 g/mol. The highest BCUT2D eigenvalue weighted by atomic mass is 32.2. The molecule has 0 spiro atoms. The summed E-state index contributed by atoms with van der Waals surface area (Å²) in [7, 11) is -4.12. The molecule has 1 amide bonds. The third-order valence-electron chi connectivity index (χ3n) is 6.62. The number of carboxylic acids is 1. The maximum atomic E-state index is 13.6. The molecule has 51 heavy (non-hydrogen) atoms. The Morgan fingerprint density at radius 3 is 2.22 bits per heavy atom. The number of nitrogens with zero attached hydrogens (tertiary/aromatic N) is 2. The number of carboxylic acid groups (broad SMARTS) is 1. The van der Waals surface area contributed by atoms with Crippen LogP contribution in [0.2, 0.25) is 0 Å². The first-order chi connectivity index (χ1) is 24.4. The number of rotatable bonds is 17. The van der Waals surface area contributed by atoms with Gasteiger partial charge in [-0.15, -0.1) is 0 Å². The average molecular weight is 721 g/mol. The van der Waals surface area contributed by atoms with E-state index in [1.807, 2.05) is 0 Å². The Kier molecular flexibility index (Phi) is 14.1. The van der Waals surface area contributed by atoms with Crippen LogP contribution in [0.3, 0.4) is 0 Å². The van der Waals surface area contributed by atoms with Gasteiger partial charge in [-0.1, -0.05) is 30.0 Å². The number of pyridine rings is 2. The van der Waals surface area contributed by atoms with Gasteiger partial charge in [-0.25, -0.2) is 23.0 Å². The molecular weight excluding hydrogens is 680 g/mol. The van der Waals surface area contributed by atoms with Crippen molar-refractivity contribution in [3.63, 3.8) is 0 Å². The Balaban J connectivity index is 1.24. The van der Waals surface area contributed by atoms with Gasteiger partial charge in [0.15, 0.2) is 0 Å². The standard InChI is InChI=1S/C36H40N4O10S/c1-36(2,3)50-35(43)38-17-18-46-19-20-47-21-22-48-23-24-49-31-15-16-37-33-28(31)8-6-10-32(33)51(44,45)40-29-9-5-4-7-27(29)13-11-26-12-14-30(34(41)42)39-25-26/h4-10,12,14-16,25,40H,17-24H2,1-3H3,(H,38,43)(H,41,42). The Labute approximate surface area is 296 Å². The number of carbonyl (C=O) groups excluding carboxylic acids is 1. The minimum absolute atomic E-state index is 0.0432. The van der Waals surface area contributed by atoms with Gasteiger partial charge in [0, 0.05) is 35.5 Å². The molecule has 0 radical (unpaired) electrons. The lowest BCUT2D eigenvalue weighted by molar-refractivity contribution is 0.00911. The van der Waals surface area contributed by atoms with E-state index in [0.717, 1.165) is 0 Å². The Morgan fingerprint density at radius 1 is 0.824 bits per heavy atom. The van der Waals surface area contributed by atoms with Crippen molar-refractivity contribution in [2.24, 2.45) is 0 Å². The van der Waals surface area contributed by atoms with Crippen molar-refractivity contribution in [3.05, 3.63) is 89.9 Å². The maximum Gasteiger partial charge on any atom is 0.407 e. The largest absolute Gasteiger partial charge is 0.490 e. The molecule has 3 N–H and O–H groups in total. The van der Waals surface area contributed by atoms with Gasteiger partial charge in [0.05, 0.1) is 50.8 Å². The van der Waals surface area contributed by atoms with Crippen LogP contribution in [0.15, 0.2) is 78.0 Å². The number of aromatic nitrogens is 2. The number of sulfonamides is 1. The maximum absolute atomic E-state index is 13.6. The fraction of sp³-hybridized carbons (Fsp3) is 0.333. The normalized spacial score (nSPS) is 11.4. The molecule has 0 aliphatic rings. The summed E-state index contributed by atoms with van der Waals surface area (Å²) in [6.45, 7) is 7.97. The van der Waals surface area contributed by atoms with Gasteiger partial charge in [-0.2, -0.15) is 0 Å². The molecule has 0 unspecified atom stereocenters. The molecule has 0 bridgehead atoms. The number of carbonyl (C=O) groups is 2. The van der Waals surface area contributed by atoms with Crippen LogP contribution < -0.4 is 14.8 Å². The Morgan fingerprint density at radius 2 is 1.53 bits per heavy atom. The second-order valence-electron chi connectivity index (χ2n) is 11.7. The number of alkyl carbamates (subject to hydrolysis) is 1. The summed E-state index contributed by atoms with van der Waals surface area (Å²) < 4.78 is 57.4. The topological polar surface area (TPSA) is 184 Å². The van der Waals surface area contributed by atoms with Crippen molar-refractivity contribution in [1.82, 2.24) is 15.3 Å². The van der Waals surface area contributed by atoms with Crippen molar-refractivity contribution in [2.75, 3.05) is 57.5 Å². The number of fused-ring (bicyclic) bond motifs is 1. The third-order valence-corrected chi connectivity index (χ3v) is 8.02. The summed E-state index contributed by atoms with van der Waals surface area (Å²) in [5, 5.41) is 12.2. The summed E-state index contributed by atoms with van der Waals surface area (Å²) >= 11 is 0. The van der Waals surface area contributed by atoms with Crippen LogP contribution in [0.4, 0.5) is 10.5 Å². The fourth-order valence-electron chi connectivity index (χ4n) is 4.37. The number of hydrogen-bond acceptors (Lipinski definition) is 11. The summed E-state index contributed by atoms with van der Waals surface area (Å²) in [5.74, 6) is 5.11. The van der Waals surface area contributed by atoms with Crippen molar-refractivity contribution in [2.45, 2.75) is 31.3 Å². The second-order valence-corrected chi connectivity index (χ2v) is 13.4. The highest BCUT2D eigenvalue weighted by Gasteiger charge is 2.21. The first-order valence-corrected chi connectivity index (χ1v) is 17.4. The van der Waals surface area contributed by atoms with E-state index < -0.39 is 27.7 Å². The highest BCUT2D eigenvalue weighted by molar-refractivity contribution is 7.93. The molecule has 14 nitrogen and oxygen atoms in total. The lowest BCUT2D eigenvalue weighted by atomic mass is 10.1. The number of anilines is 1. The number of benzene rings is 2. The molecule has 2 heterocycles. The molecule has 0 fully saturated rings. The Bertz CT molecular complexity index is 1950. The molecule has 2 aromatic heterocycles. The third kappa shape index (κ3) is 12.5. The van der Waals surface area contributed by atoms with Crippen LogP contribution in [0.1, 0.15) is 42.4 Å². The van der Waals surface area contributed by atoms with E-state index in [4.69, 9.17) is 28.8 Å². The molecule has 2 aromatic carbocycles. The number of aromatic carboxylic acids is 1. The molecule has 4 aromatic rings. The fourth-order valence-corrected chi connectivity index (χ4v) is 5.63. The summed E-state index contributed by atoms with van der Waals surface area (Å²) in [5.41, 5.74) is 0.697. The van der Waals surface area contributed by atoms with Gasteiger partial charge in [0.2, 0.25) is 0 Å². The highest BCUT2D eigenvalue weighted by Crippen LogP contribution is 2.30. The molecule has 0 saturated heterocycles. The van der Waals surface area contributed by atoms with Crippen LogP contribution >= 0.6 is 0 Å². The van der Waals surface area contributed by atoms with Crippen LogP contribution in [0, 0.1) is 11.8 Å². The lowest BCUT2D eigenvalue weighted by Crippen LogP contribution is -2.34. The SMILES string of the molecule is CC(C)(C)OC(=O)NCCOCCOCCOCCOc1ccnc2c(S(=O)(=O)Nc3ccccc3C#Cc3ccc(C(=O)O)nc3)cccc12. The molecule has 0 aliphatic carbocycles. The van der Waals surface area contributed by atoms with Crippen molar-refractivity contribution < 1.29 is 46.8 Å². The van der Waals surface area contributed by atoms with Gasteiger partial charge >= 0.3 is 12.1 Å². The van der Waals surface area contributed by atoms with E-state index in [9.17, 15) is 18.0 Å². The zero-order valence-corrected chi connectivity index (χ0v) is 29.3. The average Bonchev–Trinajstić information content (AvgIpc) is 3.09. The van der Waals surface area contributed by atoms with E-state index >= 15 is 0 Å². The number of nitrogens with one attached hydrogen (secondary N) is 2. The number of para-hydroxylation sites is 2. The summed E-state index contributed by atoms with van der Waals surface area (Å²) in [6.07, 6.45) is 2.32. The first-order valence-electron chi connectivity index (χ1n) is 16.0. The smallest absolute Gasteiger partial charge is 0.407 e. The van der Waals surface area contributed by atoms with Gasteiger partial charge < -0.3 is 34.1 Å². The second kappa shape index (κ2) is 18.6. The van der Waals surface area contributed by atoms with Gasteiger partial charge in [0.1, 0.15) is 28.5 Å². The summed E-state index contributed by atoms with van der Waals surface area (Å²) in [4.78, 5) is 30.8. The lowest BCUT2D eigenvalue weighted by Gasteiger charge is -2.19. The minimum atomic E-state index is -4.12. The molecule has 15 heteroatoms. The van der Waals surface area contributed by atoms with Crippen molar-refractivity contribution in [3.8, 4) is 17.6 Å². The van der Waals surface area contributed by atoms with Crippen LogP contribution in [-0.2, 0) is 29.0 Å². The van der Waals surface area contributed by atoms with Crippen molar-refractivity contribution in [1.29, 1.82) is 0 Å². The van der Waals surface area contributed by atoms with Gasteiger partial charge in [-0.3, -0.25) is 9.71 Å². The number of amides is 1. The van der Waals surface area contributed by atoms with Crippen LogP contribution in [-0.4, -0.2) is 93.9 Å². The minimum Gasteiger partial charge on any atom is -0.490 e. The van der Waals surface area contributed by atoms with Gasteiger partial charge in [-0.05, 0) is 63.2 Å². The van der Waals surface area contributed by atoms with E-state index in [-0.39, 0.29) is 35.0 Å². The van der Waals surface area contributed by atoms with E-state index in [0.29, 0.717) is 61.8 Å². The molecule has 270 valence electrons. The van der Waals surface area contributed by atoms with E-state index in [2.05, 4.69) is 31.8 Å². The van der Waals surface area contributed by atoms with Crippen molar-refractivity contribution >= 4 is 38.7 Å². The molecular formula is C36H40N4O10S. The van der Waals surface area contributed by atoms with Crippen LogP contribution in [0.25, 0.3) is 10.9 Å². The molecule has 0 atom stereocenters. The predicted octanol–water partition coefficient (Wildman–Crippen LogP) is 4.48. The molecule has 0 aliphatic heterocycles. The van der Waals surface area contributed by atoms with E-state index in [1.165, 1.54) is 30.6 Å². The summed E-state index contributed by atoms with van der Waals surface area (Å²) in [6, 6.07) is 16.0. The first kappa shape index (κ1) is 38.5. The zero-order valence-electron chi connectivity index (χ0n) is 28.5. The Hall–Kier alpha value is -5.27. The van der Waals surface area contributed by atoms with Gasteiger partial charge in [0.25, 0.3) is 10.0 Å². The number of ether oxygens (including phenoxy) is 5.